The fourth-order valence-corrected chi connectivity index (χ4v) is 2.82. The number of halogens is 1. The van der Waals surface area contributed by atoms with Gasteiger partial charge in [0, 0.05) is 12.1 Å². The van der Waals surface area contributed by atoms with E-state index in [4.69, 9.17) is 16.9 Å². The third-order valence-electron chi connectivity index (χ3n) is 3.72. The number of aromatic nitrogens is 2. The predicted octanol–water partition coefficient (Wildman–Crippen LogP) is 3.76. The molecule has 0 fully saturated rings. The molecule has 0 saturated heterocycles. The second kappa shape index (κ2) is 6.73. The van der Waals surface area contributed by atoms with Crippen LogP contribution in [-0.4, -0.2) is 15.5 Å². The van der Waals surface area contributed by atoms with E-state index in [2.05, 4.69) is 10.3 Å². The van der Waals surface area contributed by atoms with Crippen molar-refractivity contribution in [2.45, 2.75) is 19.9 Å². The van der Waals surface area contributed by atoms with E-state index in [9.17, 15) is 4.79 Å². The number of amides is 1. The molecule has 2 aromatic carbocycles. The smallest absolute Gasteiger partial charge is 0.244 e. The molecule has 0 radical (unpaired) electrons. The molecule has 0 aliphatic rings. The second-order valence-electron chi connectivity index (χ2n) is 5.31. The molecule has 0 bridgehead atoms. The summed E-state index contributed by atoms with van der Waals surface area (Å²) in [4.78, 5) is 16.9. The first-order chi connectivity index (χ1) is 11.6. The van der Waals surface area contributed by atoms with Crippen LogP contribution >= 0.6 is 11.6 Å². The normalized spacial score (nSPS) is 10.5. The molecule has 120 valence electrons. The van der Waals surface area contributed by atoms with Crippen molar-refractivity contribution in [3.8, 4) is 6.07 Å². The zero-order valence-corrected chi connectivity index (χ0v) is 13.8. The molecule has 1 heterocycles. The minimum absolute atomic E-state index is 0.168. The number of para-hydroxylation sites is 2. The highest BCUT2D eigenvalue weighted by Gasteiger charge is 2.13. The number of nitrogens with zero attached hydrogens (tertiary/aromatic N) is 3. The Morgan fingerprint density at radius 1 is 1.33 bits per heavy atom. The molecule has 0 atom stereocenters. The van der Waals surface area contributed by atoms with Crippen LogP contribution < -0.4 is 5.32 Å². The monoisotopic (exact) mass is 338 g/mol. The van der Waals surface area contributed by atoms with Gasteiger partial charge in [-0.1, -0.05) is 30.7 Å². The number of nitriles is 1. The van der Waals surface area contributed by atoms with Gasteiger partial charge in [-0.25, -0.2) is 4.98 Å². The van der Waals surface area contributed by atoms with E-state index in [1.165, 1.54) is 0 Å². The number of rotatable bonds is 4. The number of anilines is 1. The summed E-state index contributed by atoms with van der Waals surface area (Å²) in [6.07, 6.45) is 0.741. The van der Waals surface area contributed by atoms with Gasteiger partial charge in [-0.15, -0.1) is 0 Å². The number of carbonyl (C=O) groups is 1. The van der Waals surface area contributed by atoms with Crippen molar-refractivity contribution in [2.24, 2.45) is 0 Å². The summed E-state index contributed by atoms with van der Waals surface area (Å²) in [7, 11) is 0. The standard InChI is InChI=1S/C18H15ClN4O/c1-2-17-22-15-5-3-4-6-16(15)23(17)11-18(24)21-13-8-7-12(10-20)14(19)9-13/h3-9H,2,11H2,1H3,(H,21,24). The largest absolute Gasteiger partial charge is 0.324 e. The Labute approximate surface area is 144 Å². The van der Waals surface area contributed by atoms with Crippen molar-refractivity contribution >= 4 is 34.2 Å². The van der Waals surface area contributed by atoms with E-state index in [1.54, 1.807) is 18.2 Å². The third-order valence-corrected chi connectivity index (χ3v) is 4.04. The first-order valence-electron chi connectivity index (χ1n) is 7.56. The van der Waals surface area contributed by atoms with Crippen molar-refractivity contribution in [1.29, 1.82) is 5.26 Å². The van der Waals surface area contributed by atoms with Crippen LogP contribution in [0.1, 0.15) is 18.3 Å². The zero-order chi connectivity index (χ0) is 17.1. The molecule has 1 N–H and O–H groups in total. The number of carbonyl (C=O) groups excluding carboxylic acids is 1. The summed E-state index contributed by atoms with van der Waals surface area (Å²) in [5.74, 6) is 0.692. The molecular formula is C18H15ClN4O. The molecule has 0 aliphatic carbocycles. The Morgan fingerprint density at radius 3 is 2.83 bits per heavy atom. The van der Waals surface area contributed by atoms with Gasteiger partial charge in [0.25, 0.3) is 0 Å². The highest BCUT2D eigenvalue weighted by atomic mass is 35.5. The van der Waals surface area contributed by atoms with E-state index in [0.717, 1.165) is 23.3 Å². The van der Waals surface area contributed by atoms with Crippen LogP contribution in [0.5, 0.6) is 0 Å². The molecule has 0 aliphatic heterocycles. The van der Waals surface area contributed by atoms with Crippen LogP contribution in [-0.2, 0) is 17.8 Å². The summed E-state index contributed by atoms with van der Waals surface area (Å²) in [5.41, 5.74) is 2.75. The predicted molar refractivity (Wildman–Crippen MR) is 93.9 cm³/mol. The molecule has 1 amide bonds. The van der Waals surface area contributed by atoms with Gasteiger partial charge in [-0.05, 0) is 30.3 Å². The van der Waals surface area contributed by atoms with Gasteiger partial charge in [-0.2, -0.15) is 5.26 Å². The van der Waals surface area contributed by atoms with Gasteiger partial charge in [0.05, 0.1) is 21.6 Å². The van der Waals surface area contributed by atoms with Gasteiger partial charge in [0.2, 0.25) is 5.91 Å². The van der Waals surface area contributed by atoms with Gasteiger partial charge >= 0.3 is 0 Å². The Balaban J connectivity index is 1.83. The first-order valence-corrected chi connectivity index (χ1v) is 7.93. The van der Waals surface area contributed by atoms with Crippen LogP contribution in [0.15, 0.2) is 42.5 Å². The molecule has 5 nitrogen and oxygen atoms in total. The van der Waals surface area contributed by atoms with Crippen molar-refractivity contribution in [3.05, 3.63) is 58.9 Å². The number of hydrogen-bond donors (Lipinski definition) is 1. The Hall–Kier alpha value is -2.84. The van der Waals surface area contributed by atoms with Crippen molar-refractivity contribution in [1.82, 2.24) is 9.55 Å². The Bertz CT molecular complexity index is 955. The van der Waals surface area contributed by atoms with E-state index in [0.29, 0.717) is 16.3 Å². The number of imidazole rings is 1. The highest BCUT2D eigenvalue weighted by molar-refractivity contribution is 6.32. The Kier molecular flexibility index (Phi) is 4.50. The lowest BCUT2D eigenvalue weighted by atomic mass is 10.2. The number of fused-ring (bicyclic) bond motifs is 1. The average molecular weight is 339 g/mol. The topological polar surface area (TPSA) is 70.7 Å². The molecule has 0 spiro atoms. The van der Waals surface area contributed by atoms with Crippen LogP contribution in [0.3, 0.4) is 0 Å². The van der Waals surface area contributed by atoms with Crippen LogP contribution in [0, 0.1) is 11.3 Å². The lowest BCUT2D eigenvalue weighted by Gasteiger charge is -2.10. The Morgan fingerprint density at radius 2 is 2.12 bits per heavy atom. The van der Waals surface area contributed by atoms with Crippen molar-refractivity contribution < 1.29 is 4.79 Å². The van der Waals surface area contributed by atoms with Gasteiger partial charge in [0.15, 0.2) is 0 Å². The summed E-state index contributed by atoms with van der Waals surface area (Å²) in [6.45, 7) is 2.18. The molecule has 0 unspecified atom stereocenters. The molecule has 0 saturated carbocycles. The molecule has 6 heteroatoms. The van der Waals surface area contributed by atoms with Crippen molar-refractivity contribution in [3.63, 3.8) is 0 Å². The molecule has 1 aromatic heterocycles. The number of nitrogens with one attached hydrogen (secondary N) is 1. The lowest BCUT2D eigenvalue weighted by Crippen LogP contribution is -2.20. The summed E-state index contributed by atoms with van der Waals surface area (Å²) < 4.78 is 1.91. The minimum atomic E-state index is -0.173. The molecule has 24 heavy (non-hydrogen) atoms. The van der Waals surface area contributed by atoms with Crippen LogP contribution in [0.25, 0.3) is 11.0 Å². The fraction of sp³-hybridized carbons (Fsp3) is 0.167. The highest BCUT2D eigenvalue weighted by Crippen LogP contribution is 2.21. The summed E-state index contributed by atoms with van der Waals surface area (Å²) >= 11 is 5.99. The summed E-state index contributed by atoms with van der Waals surface area (Å²) in [5, 5.41) is 12.0. The third kappa shape index (κ3) is 3.10. The maximum atomic E-state index is 12.4. The van der Waals surface area contributed by atoms with Gasteiger partial charge in [-0.3, -0.25) is 4.79 Å². The minimum Gasteiger partial charge on any atom is -0.324 e. The average Bonchev–Trinajstić information content (AvgIpc) is 2.93. The number of hydrogen-bond acceptors (Lipinski definition) is 3. The molecule has 3 rings (SSSR count). The van der Waals surface area contributed by atoms with E-state index < -0.39 is 0 Å². The fourth-order valence-electron chi connectivity index (χ4n) is 2.60. The lowest BCUT2D eigenvalue weighted by molar-refractivity contribution is -0.116. The van der Waals surface area contributed by atoms with Crippen LogP contribution in [0.2, 0.25) is 5.02 Å². The first kappa shape index (κ1) is 16.0. The SMILES string of the molecule is CCc1nc2ccccc2n1CC(=O)Nc1ccc(C#N)c(Cl)c1. The molecular weight excluding hydrogens is 324 g/mol. The van der Waals surface area contributed by atoms with E-state index in [-0.39, 0.29) is 12.5 Å². The van der Waals surface area contributed by atoms with Gasteiger partial charge < -0.3 is 9.88 Å². The number of aryl methyl sites for hydroxylation is 1. The number of benzene rings is 2. The summed E-state index contributed by atoms with van der Waals surface area (Å²) in [6, 6.07) is 14.6. The van der Waals surface area contributed by atoms with Gasteiger partial charge in [0.1, 0.15) is 18.4 Å². The van der Waals surface area contributed by atoms with E-state index in [1.807, 2.05) is 41.8 Å². The van der Waals surface area contributed by atoms with Crippen molar-refractivity contribution in [2.75, 3.05) is 5.32 Å². The second-order valence-corrected chi connectivity index (χ2v) is 5.72. The van der Waals surface area contributed by atoms with E-state index >= 15 is 0 Å². The zero-order valence-electron chi connectivity index (χ0n) is 13.1. The molecule has 3 aromatic rings. The van der Waals surface area contributed by atoms with Crippen LogP contribution in [0.4, 0.5) is 5.69 Å². The quantitative estimate of drug-likeness (QED) is 0.787. The maximum absolute atomic E-state index is 12.4. The maximum Gasteiger partial charge on any atom is 0.244 e.